The monoisotopic (exact) mass is 429 g/mol. The van der Waals surface area contributed by atoms with Crippen molar-refractivity contribution in [3.8, 4) is 5.75 Å². The second kappa shape index (κ2) is 8.46. The average molecular weight is 431 g/mol. The minimum absolute atomic E-state index is 0.0507. The summed E-state index contributed by atoms with van der Waals surface area (Å²) in [5.74, 6) is -1.64. The maximum atomic E-state index is 13.0. The Kier molecular flexibility index (Phi) is 6.25. The van der Waals surface area contributed by atoms with Crippen molar-refractivity contribution in [1.29, 1.82) is 0 Å². The van der Waals surface area contributed by atoms with Gasteiger partial charge in [0.1, 0.15) is 5.82 Å². The zero-order valence-corrected chi connectivity index (χ0v) is 16.3. The van der Waals surface area contributed by atoms with E-state index in [0.29, 0.717) is 30.0 Å². The molecule has 1 aliphatic heterocycles. The van der Waals surface area contributed by atoms with Gasteiger partial charge in [0.2, 0.25) is 0 Å². The van der Waals surface area contributed by atoms with Crippen molar-refractivity contribution in [2.75, 3.05) is 13.1 Å². The molecule has 8 heteroatoms. The van der Waals surface area contributed by atoms with Crippen molar-refractivity contribution < 1.29 is 18.7 Å². The van der Waals surface area contributed by atoms with Gasteiger partial charge in [-0.3, -0.25) is 9.59 Å². The third kappa shape index (κ3) is 4.72. The molecule has 0 radical (unpaired) electrons. The third-order valence-corrected chi connectivity index (χ3v) is 5.08. The molecule has 4 nitrogen and oxygen atoms in total. The number of hydrogen-bond acceptors (Lipinski definition) is 3. The number of piperidine rings is 1. The normalized spacial score (nSPS) is 16.9. The summed E-state index contributed by atoms with van der Waals surface area (Å²) in [6.45, 7) is 0.723. The highest BCUT2D eigenvalue weighted by Gasteiger charge is 2.31. The van der Waals surface area contributed by atoms with Crippen molar-refractivity contribution in [3.63, 3.8) is 0 Å². The first kappa shape index (κ1) is 19.9. The highest BCUT2D eigenvalue weighted by atomic mass is 35.5. The van der Waals surface area contributed by atoms with Crippen LogP contribution in [-0.2, 0) is 4.79 Å². The van der Waals surface area contributed by atoms with E-state index in [1.165, 1.54) is 36.4 Å². The summed E-state index contributed by atoms with van der Waals surface area (Å²) < 4.78 is 18.4. The number of carbonyl (C=O) groups is 2. The van der Waals surface area contributed by atoms with Crippen LogP contribution in [0.5, 0.6) is 5.75 Å². The fourth-order valence-electron chi connectivity index (χ4n) is 2.94. The first-order valence-corrected chi connectivity index (χ1v) is 9.39. The molecular formula is C19H15Cl3FNO3. The van der Waals surface area contributed by atoms with Gasteiger partial charge in [0.05, 0.1) is 16.0 Å². The molecule has 3 rings (SSSR count). The predicted octanol–water partition coefficient (Wildman–Crippen LogP) is 5.24. The summed E-state index contributed by atoms with van der Waals surface area (Å²) in [5, 5.41) is 0.602. The van der Waals surface area contributed by atoms with Crippen LogP contribution in [0, 0.1) is 11.7 Å². The molecule has 0 aliphatic carbocycles. The number of esters is 1. The number of carbonyl (C=O) groups excluding carboxylic acids is 2. The first-order valence-electron chi connectivity index (χ1n) is 8.26. The topological polar surface area (TPSA) is 46.6 Å². The molecule has 0 N–H and O–H groups in total. The summed E-state index contributed by atoms with van der Waals surface area (Å²) in [7, 11) is 0. The minimum Gasteiger partial charge on any atom is -0.423 e. The van der Waals surface area contributed by atoms with Crippen molar-refractivity contribution in [2.45, 2.75) is 12.8 Å². The van der Waals surface area contributed by atoms with Gasteiger partial charge in [-0.2, -0.15) is 0 Å². The summed E-state index contributed by atoms with van der Waals surface area (Å²) in [6.07, 6.45) is 1.23. The van der Waals surface area contributed by atoms with Crippen LogP contribution in [0.25, 0.3) is 0 Å². The lowest BCUT2D eigenvalue weighted by molar-refractivity contribution is -0.140. The van der Waals surface area contributed by atoms with E-state index in [1.807, 2.05) is 0 Å². The van der Waals surface area contributed by atoms with Crippen LogP contribution < -0.4 is 4.74 Å². The smallest absolute Gasteiger partial charge is 0.316 e. The molecule has 2 aromatic rings. The molecule has 0 aromatic heterocycles. The highest BCUT2D eigenvalue weighted by Crippen LogP contribution is 2.36. The molecule has 1 atom stereocenters. The standard InChI is InChI=1S/C19H15Cl3FNO3/c20-13-8-15(21)17(16(22)9-13)27-19(26)12-2-1-7-24(10-12)18(25)11-3-5-14(23)6-4-11/h3-6,8-9,12H,1-2,7,10H2. The lowest BCUT2D eigenvalue weighted by atomic mass is 9.97. The van der Waals surface area contributed by atoms with E-state index in [1.54, 1.807) is 4.90 Å². The van der Waals surface area contributed by atoms with E-state index in [4.69, 9.17) is 39.5 Å². The van der Waals surface area contributed by atoms with Gasteiger partial charge < -0.3 is 9.64 Å². The maximum Gasteiger partial charge on any atom is 0.316 e. The van der Waals surface area contributed by atoms with Crippen molar-refractivity contribution in [1.82, 2.24) is 4.90 Å². The number of amides is 1. The summed E-state index contributed by atoms with van der Waals surface area (Å²) in [6, 6.07) is 8.17. The van der Waals surface area contributed by atoms with Crippen molar-refractivity contribution >= 4 is 46.7 Å². The molecular weight excluding hydrogens is 416 g/mol. The molecule has 2 aromatic carbocycles. The molecule has 1 amide bonds. The number of likely N-dealkylation sites (tertiary alicyclic amines) is 1. The largest absolute Gasteiger partial charge is 0.423 e. The van der Waals surface area contributed by atoms with Gasteiger partial charge in [0.25, 0.3) is 5.91 Å². The van der Waals surface area contributed by atoms with E-state index in [0.717, 1.165) is 0 Å². The molecule has 142 valence electrons. The molecule has 1 fully saturated rings. The third-order valence-electron chi connectivity index (χ3n) is 4.30. The first-order chi connectivity index (χ1) is 12.8. The molecule has 1 unspecified atom stereocenters. The van der Waals surface area contributed by atoms with E-state index in [2.05, 4.69) is 0 Å². The fourth-order valence-corrected chi connectivity index (χ4v) is 3.83. The zero-order chi connectivity index (χ0) is 19.6. The number of ether oxygens (including phenoxy) is 1. The van der Waals surface area contributed by atoms with Gasteiger partial charge in [0, 0.05) is 23.7 Å². The maximum absolute atomic E-state index is 13.0. The van der Waals surface area contributed by atoms with E-state index in [-0.39, 0.29) is 28.2 Å². The SMILES string of the molecule is O=C(Oc1c(Cl)cc(Cl)cc1Cl)C1CCCN(C(=O)c2ccc(F)cc2)C1. The lowest BCUT2D eigenvalue weighted by Gasteiger charge is -2.31. The summed E-state index contributed by atoms with van der Waals surface area (Å²) in [5.41, 5.74) is 0.370. The van der Waals surface area contributed by atoms with Crippen molar-refractivity contribution in [3.05, 3.63) is 62.8 Å². The van der Waals surface area contributed by atoms with Crippen LogP contribution >= 0.6 is 34.8 Å². The quantitative estimate of drug-likeness (QED) is 0.494. The predicted molar refractivity (Wildman–Crippen MR) is 102 cm³/mol. The van der Waals surface area contributed by atoms with E-state index >= 15 is 0 Å². The van der Waals surface area contributed by atoms with Crippen LogP contribution in [0.4, 0.5) is 4.39 Å². The zero-order valence-electron chi connectivity index (χ0n) is 14.1. The Morgan fingerprint density at radius 2 is 1.70 bits per heavy atom. The lowest BCUT2D eigenvalue weighted by Crippen LogP contribution is -2.43. The second-order valence-corrected chi connectivity index (χ2v) is 7.47. The molecule has 1 saturated heterocycles. The molecule has 1 heterocycles. The van der Waals surface area contributed by atoms with Crippen LogP contribution in [-0.4, -0.2) is 29.9 Å². The van der Waals surface area contributed by atoms with Crippen LogP contribution in [0.3, 0.4) is 0 Å². The number of halogens is 4. The van der Waals surface area contributed by atoms with Gasteiger partial charge >= 0.3 is 5.97 Å². The Morgan fingerprint density at radius 3 is 2.33 bits per heavy atom. The van der Waals surface area contributed by atoms with Crippen molar-refractivity contribution in [2.24, 2.45) is 5.92 Å². The summed E-state index contributed by atoms with van der Waals surface area (Å²) >= 11 is 17.9. The highest BCUT2D eigenvalue weighted by molar-refractivity contribution is 6.40. The van der Waals surface area contributed by atoms with Gasteiger partial charge in [0.15, 0.2) is 5.75 Å². The molecule has 27 heavy (non-hydrogen) atoms. The number of nitrogens with zero attached hydrogens (tertiary/aromatic N) is 1. The van der Waals surface area contributed by atoms with Crippen LogP contribution in [0.2, 0.25) is 15.1 Å². The second-order valence-electron chi connectivity index (χ2n) is 6.22. The van der Waals surface area contributed by atoms with Crippen LogP contribution in [0.15, 0.2) is 36.4 Å². The fraction of sp³-hybridized carbons (Fsp3) is 0.263. The Bertz CT molecular complexity index is 850. The molecule has 0 spiro atoms. The molecule has 0 bridgehead atoms. The molecule has 0 saturated carbocycles. The Morgan fingerprint density at radius 1 is 1.07 bits per heavy atom. The van der Waals surface area contributed by atoms with Gasteiger partial charge in [-0.1, -0.05) is 34.8 Å². The minimum atomic E-state index is -0.516. The van der Waals surface area contributed by atoms with Crippen LogP contribution in [0.1, 0.15) is 23.2 Å². The average Bonchev–Trinajstić information content (AvgIpc) is 2.64. The van der Waals surface area contributed by atoms with E-state index < -0.39 is 17.7 Å². The van der Waals surface area contributed by atoms with Gasteiger partial charge in [-0.15, -0.1) is 0 Å². The molecule has 1 aliphatic rings. The van der Waals surface area contributed by atoms with E-state index in [9.17, 15) is 14.0 Å². The Balaban J connectivity index is 1.69. The van der Waals surface area contributed by atoms with Gasteiger partial charge in [-0.05, 0) is 49.2 Å². The van der Waals surface area contributed by atoms with Gasteiger partial charge in [-0.25, -0.2) is 4.39 Å². The Hall–Kier alpha value is -1.82. The Labute approximate surface area is 170 Å². The number of hydrogen-bond donors (Lipinski definition) is 0. The number of rotatable bonds is 3. The number of benzene rings is 2. The summed E-state index contributed by atoms with van der Waals surface area (Å²) in [4.78, 5) is 26.7.